The van der Waals surface area contributed by atoms with Crippen molar-refractivity contribution in [2.24, 2.45) is 0 Å². The van der Waals surface area contributed by atoms with E-state index in [9.17, 15) is 0 Å². The maximum atomic E-state index is 2.19. The van der Waals surface area contributed by atoms with Crippen LogP contribution >= 0.6 is 11.3 Å². The molecular weight excluding hydrogens is 92.1 g/mol. The van der Waals surface area contributed by atoms with Gasteiger partial charge in [-0.1, -0.05) is 0 Å². The first-order valence-electron chi connectivity index (χ1n) is 2.03. The summed E-state index contributed by atoms with van der Waals surface area (Å²) in [5, 5.41) is 0. The Hall–Kier alpha value is -0.300. The minimum absolute atomic E-state index is 1.27. The average molecular weight is 96.2 g/mol. The van der Waals surface area contributed by atoms with Crippen LogP contribution in [0.2, 0.25) is 0 Å². The highest BCUT2D eigenvalue weighted by Crippen LogP contribution is 2.30. The van der Waals surface area contributed by atoms with Gasteiger partial charge < -0.3 is 0 Å². The zero-order valence-corrected chi connectivity index (χ0v) is 4.09. The zero-order chi connectivity index (χ0) is 3.98. The van der Waals surface area contributed by atoms with E-state index in [1.807, 2.05) is 11.3 Å². The van der Waals surface area contributed by atoms with Crippen LogP contribution in [-0.2, 0) is 6.42 Å². The fourth-order valence-corrected chi connectivity index (χ4v) is 1.52. The van der Waals surface area contributed by atoms with Gasteiger partial charge >= 0.3 is 0 Å². The molecule has 2 heterocycles. The molecule has 2 aliphatic rings. The number of hydrogen-bond acceptors (Lipinski definition) is 1. The van der Waals surface area contributed by atoms with Gasteiger partial charge in [-0.25, -0.2) is 0 Å². The lowest BCUT2D eigenvalue weighted by Crippen LogP contribution is -1.80. The minimum atomic E-state index is 1.27. The van der Waals surface area contributed by atoms with Crippen LogP contribution in [0.1, 0.15) is 9.75 Å². The molecule has 1 aromatic rings. The molecule has 0 amide bonds. The van der Waals surface area contributed by atoms with Crippen LogP contribution in [0.4, 0.5) is 0 Å². The Labute approximate surface area is 40.4 Å². The highest BCUT2D eigenvalue weighted by molar-refractivity contribution is 7.14. The first kappa shape index (κ1) is 2.80. The van der Waals surface area contributed by atoms with E-state index in [0.717, 1.165) is 0 Å². The molecule has 1 heteroatoms. The van der Waals surface area contributed by atoms with E-state index in [4.69, 9.17) is 0 Å². The summed E-state index contributed by atoms with van der Waals surface area (Å²) < 4.78 is 0. The largest absolute Gasteiger partial charge is 0.145 e. The third kappa shape index (κ3) is 0.167. The smallest absolute Gasteiger partial charge is 0.0163 e. The maximum Gasteiger partial charge on any atom is 0.0163 e. The fourth-order valence-electron chi connectivity index (χ4n) is 0.704. The second kappa shape index (κ2) is 0.684. The monoisotopic (exact) mass is 96.0 g/mol. The number of hydrogen-bond donors (Lipinski definition) is 0. The molecular formula is C5H4S. The van der Waals surface area contributed by atoms with E-state index in [1.165, 1.54) is 6.42 Å². The third-order valence-electron chi connectivity index (χ3n) is 1.07. The van der Waals surface area contributed by atoms with Crippen molar-refractivity contribution in [1.82, 2.24) is 0 Å². The van der Waals surface area contributed by atoms with Crippen molar-refractivity contribution in [3.63, 3.8) is 0 Å². The van der Waals surface area contributed by atoms with Gasteiger partial charge in [-0.05, 0) is 12.1 Å². The van der Waals surface area contributed by atoms with E-state index in [0.29, 0.717) is 0 Å². The van der Waals surface area contributed by atoms with Crippen molar-refractivity contribution in [3.8, 4) is 0 Å². The minimum Gasteiger partial charge on any atom is -0.145 e. The normalized spacial score (nSPS) is 14.0. The summed E-state index contributed by atoms with van der Waals surface area (Å²) in [7, 11) is 0. The molecule has 0 saturated heterocycles. The molecule has 1 aliphatic carbocycles. The summed E-state index contributed by atoms with van der Waals surface area (Å²) in [4.78, 5) is 3.09. The van der Waals surface area contributed by atoms with E-state index in [2.05, 4.69) is 12.1 Å². The summed E-state index contributed by atoms with van der Waals surface area (Å²) in [5.41, 5.74) is 0. The predicted molar refractivity (Wildman–Crippen MR) is 27.1 cm³/mol. The standard InChI is InChI=1S/C5H4S/c1-2-5-3-4(1)6-5/h1-2H,3H2. The van der Waals surface area contributed by atoms with E-state index >= 15 is 0 Å². The van der Waals surface area contributed by atoms with Crippen molar-refractivity contribution < 1.29 is 0 Å². The molecule has 0 fully saturated rings. The van der Waals surface area contributed by atoms with Gasteiger partial charge in [0.25, 0.3) is 0 Å². The molecule has 6 heavy (non-hydrogen) atoms. The number of fused-ring (bicyclic) bond motifs is 1. The Morgan fingerprint density at radius 2 is 1.83 bits per heavy atom. The number of rotatable bonds is 0. The summed E-state index contributed by atoms with van der Waals surface area (Å²) in [5.74, 6) is 0. The Bertz CT molecular complexity index is 140. The van der Waals surface area contributed by atoms with Crippen LogP contribution in [0.15, 0.2) is 12.1 Å². The van der Waals surface area contributed by atoms with Gasteiger partial charge in [-0.15, -0.1) is 11.3 Å². The first-order valence-corrected chi connectivity index (χ1v) is 2.84. The van der Waals surface area contributed by atoms with Gasteiger partial charge in [0.05, 0.1) is 0 Å². The van der Waals surface area contributed by atoms with Gasteiger partial charge in [-0.3, -0.25) is 0 Å². The van der Waals surface area contributed by atoms with Gasteiger partial charge in [0.2, 0.25) is 0 Å². The summed E-state index contributed by atoms with van der Waals surface area (Å²) in [6.45, 7) is 0. The summed E-state index contributed by atoms with van der Waals surface area (Å²) >= 11 is 1.92. The molecule has 30 valence electrons. The van der Waals surface area contributed by atoms with Crippen molar-refractivity contribution in [2.75, 3.05) is 0 Å². The molecule has 0 atom stereocenters. The molecule has 1 aromatic heterocycles. The Kier molecular flexibility index (Phi) is 0.320. The zero-order valence-electron chi connectivity index (χ0n) is 3.27. The fraction of sp³-hybridized carbons (Fsp3) is 0.200. The molecule has 2 bridgehead atoms. The van der Waals surface area contributed by atoms with Crippen LogP contribution in [-0.4, -0.2) is 0 Å². The van der Waals surface area contributed by atoms with Gasteiger partial charge in [0.1, 0.15) is 0 Å². The quantitative estimate of drug-likeness (QED) is 0.468. The molecule has 0 spiro atoms. The van der Waals surface area contributed by atoms with E-state index < -0.39 is 0 Å². The molecule has 0 saturated carbocycles. The molecule has 0 nitrogen and oxygen atoms in total. The maximum absolute atomic E-state index is 2.19. The summed E-state index contributed by atoms with van der Waals surface area (Å²) in [6.07, 6.45) is 1.27. The lowest BCUT2D eigenvalue weighted by molar-refractivity contribution is 1.32. The van der Waals surface area contributed by atoms with Crippen LogP contribution < -0.4 is 0 Å². The Balaban J connectivity index is 2.95. The highest BCUT2D eigenvalue weighted by Gasteiger charge is 2.09. The van der Waals surface area contributed by atoms with Crippen molar-refractivity contribution in [3.05, 3.63) is 21.9 Å². The third-order valence-corrected chi connectivity index (χ3v) is 2.15. The molecule has 1 aliphatic heterocycles. The Morgan fingerprint density at radius 1 is 1.33 bits per heavy atom. The summed E-state index contributed by atoms with van der Waals surface area (Å²) in [6, 6.07) is 4.39. The lowest BCUT2D eigenvalue weighted by Gasteiger charge is -1.97. The second-order valence-corrected chi connectivity index (χ2v) is 2.80. The molecule has 3 rings (SSSR count). The first-order chi connectivity index (χ1) is 2.95. The van der Waals surface area contributed by atoms with Crippen molar-refractivity contribution in [2.45, 2.75) is 6.42 Å². The van der Waals surface area contributed by atoms with Gasteiger partial charge in [-0.2, -0.15) is 0 Å². The molecule has 0 unspecified atom stereocenters. The van der Waals surface area contributed by atoms with Gasteiger partial charge in [0, 0.05) is 16.2 Å². The molecule has 0 N–H and O–H groups in total. The van der Waals surface area contributed by atoms with E-state index in [1.54, 1.807) is 9.75 Å². The average Bonchev–Trinajstić information content (AvgIpc) is 1.72. The van der Waals surface area contributed by atoms with E-state index in [-0.39, 0.29) is 0 Å². The van der Waals surface area contributed by atoms with Gasteiger partial charge in [0.15, 0.2) is 0 Å². The Morgan fingerprint density at radius 3 is 2.00 bits per heavy atom. The van der Waals surface area contributed by atoms with Crippen molar-refractivity contribution >= 4 is 11.3 Å². The highest BCUT2D eigenvalue weighted by atomic mass is 32.1. The second-order valence-electron chi connectivity index (χ2n) is 1.54. The molecule has 0 radical (unpaired) electrons. The lowest BCUT2D eigenvalue weighted by atomic mass is 10.4. The van der Waals surface area contributed by atoms with Crippen LogP contribution in [0.5, 0.6) is 0 Å². The van der Waals surface area contributed by atoms with Crippen molar-refractivity contribution in [1.29, 1.82) is 0 Å². The SMILES string of the molecule is c1cc2sc1C2. The topological polar surface area (TPSA) is 0 Å². The van der Waals surface area contributed by atoms with Crippen LogP contribution in [0.3, 0.4) is 0 Å². The predicted octanol–water partition coefficient (Wildman–Crippen LogP) is 1.65. The van der Waals surface area contributed by atoms with Crippen LogP contribution in [0.25, 0.3) is 0 Å². The number of thiophene rings is 1. The van der Waals surface area contributed by atoms with Crippen LogP contribution in [0, 0.1) is 0 Å². The molecule has 0 aromatic carbocycles.